The Labute approximate surface area is 154 Å². The van der Waals surface area contributed by atoms with Gasteiger partial charge in [0.25, 0.3) is 0 Å². The van der Waals surface area contributed by atoms with Crippen LogP contribution in [0.2, 0.25) is 0 Å². The van der Waals surface area contributed by atoms with Crippen LogP contribution in [0.1, 0.15) is 45.6 Å². The van der Waals surface area contributed by atoms with Crippen molar-refractivity contribution in [2.24, 2.45) is 0 Å². The maximum Gasteiger partial charge on any atom is 0.407 e. The van der Waals surface area contributed by atoms with E-state index in [2.05, 4.69) is 10.2 Å². The van der Waals surface area contributed by atoms with Crippen LogP contribution in [-0.4, -0.2) is 30.3 Å². The number of carbonyl (C=O) groups is 2. The van der Waals surface area contributed by atoms with Gasteiger partial charge in [-0.25, -0.2) is 9.63 Å². The second-order valence-electron chi connectivity index (χ2n) is 6.68. The number of hydrogen-bond acceptors (Lipinski definition) is 5. The lowest BCUT2D eigenvalue weighted by Gasteiger charge is -2.19. The number of alkyl carbamates (subject to hydrolysis) is 1. The number of unbranched alkanes of at least 4 members (excludes halogenated alkanes) is 1. The Hall–Kier alpha value is -1.79. The number of amides is 1. The Morgan fingerprint density at radius 2 is 1.84 bits per heavy atom. The van der Waals surface area contributed by atoms with E-state index in [1.54, 1.807) is 0 Å². The first kappa shape index (κ1) is 21.3. The van der Waals surface area contributed by atoms with Crippen molar-refractivity contribution in [2.75, 3.05) is 6.54 Å². The van der Waals surface area contributed by atoms with Gasteiger partial charge in [-0.1, -0.05) is 30.3 Å². The van der Waals surface area contributed by atoms with Crippen LogP contribution in [0.25, 0.3) is 0 Å². The van der Waals surface area contributed by atoms with Crippen molar-refractivity contribution in [1.82, 2.24) is 10.2 Å². The molecular formula is C18H27ClN2O4. The molecule has 140 valence electrons. The van der Waals surface area contributed by atoms with E-state index in [4.69, 9.17) is 21.3 Å². The van der Waals surface area contributed by atoms with Gasteiger partial charge >= 0.3 is 12.1 Å². The number of hydrogen-bond donors (Lipinski definition) is 2. The maximum absolute atomic E-state index is 12.0. The molecule has 0 bridgehead atoms. The van der Waals surface area contributed by atoms with E-state index in [0.29, 0.717) is 25.8 Å². The molecule has 0 fully saturated rings. The van der Waals surface area contributed by atoms with Gasteiger partial charge < -0.3 is 14.8 Å². The van der Waals surface area contributed by atoms with E-state index in [1.807, 2.05) is 51.1 Å². The van der Waals surface area contributed by atoms with E-state index in [-0.39, 0.29) is 12.6 Å². The van der Waals surface area contributed by atoms with E-state index in [0.717, 1.165) is 5.56 Å². The SMILES string of the molecule is CC(C)(C)OC(=O)NCCCC[C@H](NCl)C(=O)OCc1ccccc1. The van der Waals surface area contributed by atoms with Crippen molar-refractivity contribution in [3.8, 4) is 0 Å². The zero-order valence-corrected chi connectivity index (χ0v) is 15.8. The third kappa shape index (κ3) is 9.94. The summed E-state index contributed by atoms with van der Waals surface area (Å²) in [7, 11) is 0. The van der Waals surface area contributed by atoms with Crippen LogP contribution in [-0.2, 0) is 20.9 Å². The van der Waals surface area contributed by atoms with Crippen LogP contribution in [0.3, 0.4) is 0 Å². The molecule has 1 aromatic carbocycles. The number of halogens is 1. The van der Waals surface area contributed by atoms with Gasteiger partial charge in [0.05, 0.1) is 0 Å². The Morgan fingerprint density at radius 1 is 1.16 bits per heavy atom. The molecule has 0 heterocycles. The quantitative estimate of drug-likeness (QED) is 0.395. The van der Waals surface area contributed by atoms with Crippen molar-refractivity contribution in [3.63, 3.8) is 0 Å². The lowest BCUT2D eigenvalue weighted by Crippen LogP contribution is -2.34. The largest absolute Gasteiger partial charge is 0.460 e. The molecule has 2 N–H and O–H groups in total. The molecule has 0 aromatic heterocycles. The maximum atomic E-state index is 12.0. The number of ether oxygens (including phenoxy) is 2. The highest BCUT2D eigenvalue weighted by Crippen LogP contribution is 2.08. The average molecular weight is 371 g/mol. The van der Waals surface area contributed by atoms with Crippen molar-refractivity contribution < 1.29 is 19.1 Å². The van der Waals surface area contributed by atoms with Crippen LogP contribution >= 0.6 is 11.8 Å². The van der Waals surface area contributed by atoms with Gasteiger partial charge in [-0.2, -0.15) is 0 Å². The predicted molar refractivity (Wildman–Crippen MR) is 97.1 cm³/mol. The van der Waals surface area contributed by atoms with Crippen molar-refractivity contribution in [1.29, 1.82) is 0 Å². The Balaban J connectivity index is 2.20. The molecule has 0 unspecified atom stereocenters. The standard InChI is InChI=1S/C18H27ClN2O4/c1-18(2,3)25-17(23)20-12-8-7-11-15(21-19)16(22)24-13-14-9-5-4-6-10-14/h4-6,9-10,15,21H,7-8,11-13H2,1-3H3,(H,20,23)/t15-/m0/s1. The van der Waals surface area contributed by atoms with E-state index >= 15 is 0 Å². The molecule has 1 atom stereocenters. The smallest absolute Gasteiger partial charge is 0.407 e. The van der Waals surface area contributed by atoms with Gasteiger partial charge in [0.15, 0.2) is 0 Å². The molecule has 1 amide bonds. The van der Waals surface area contributed by atoms with Gasteiger partial charge in [0, 0.05) is 6.54 Å². The summed E-state index contributed by atoms with van der Waals surface area (Å²) in [5, 5.41) is 2.68. The first-order valence-corrected chi connectivity index (χ1v) is 8.73. The molecule has 0 radical (unpaired) electrons. The highest BCUT2D eigenvalue weighted by molar-refractivity contribution is 6.14. The van der Waals surface area contributed by atoms with Gasteiger partial charge in [0.2, 0.25) is 0 Å². The van der Waals surface area contributed by atoms with Crippen LogP contribution in [0.4, 0.5) is 4.79 Å². The minimum Gasteiger partial charge on any atom is -0.460 e. The molecule has 0 spiro atoms. The highest BCUT2D eigenvalue weighted by Gasteiger charge is 2.19. The third-order valence-electron chi connectivity index (χ3n) is 3.23. The predicted octanol–water partition coefficient (Wildman–Crippen LogP) is 3.54. The molecule has 1 aromatic rings. The number of benzene rings is 1. The second-order valence-corrected chi connectivity index (χ2v) is 6.90. The summed E-state index contributed by atoms with van der Waals surface area (Å²) in [5.74, 6) is -0.390. The summed E-state index contributed by atoms with van der Waals surface area (Å²) in [5.41, 5.74) is 0.408. The first-order chi connectivity index (χ1) is 11.8. The van der Waals surface area contributed by atoms with Gasteiger partial charge in [0.1, 0.15) is 18.2 Å². The molecule has 1 rings (SSSR count). The fourth-order valence-corrected chi connectivity index (χ4v) is 2.22. The van der Waals surface area contributed by atoms with Gasteiger partial charge in [-0.15, -0.1) is 0 Å². The highest BCUT2D eigenvalue weighted by atomic mass is 35.5. The third-order valence-corrected chi connectivity index (χ3v) is 3.49. The van der Waals surface area contributed by atoms with E-state index in [9.17, 15) is 9.59 Å². The zero-order chi connectivity index (χ0) is 18.7. The molecule has 0 saturated carbocycles. The lowest BCUT2D eigenvalue weighted by molar-refractivity contribution is -0.147. The summed E-state index contributed by atoms with van der Waals surface area (Å²) in [6.45, 7) is 6.12. The Kier molecular flexibility index (Phi) is 9.31. The molecule has 6 nitrogen and oxygen atoms in total. The second kappa shape index (κ2) is 10.9. The lowest BCUT2D eigenvalue weighted by atomic mass is 10.1. The molecule has 7 heteroatoms. The van der Waals surface area contributed by atoms with Crippen molar-refractivity contribution in [2.45, 2.75) is 58.3 Å². The van der Waals surface area contributed by atoms with Crippen LogP contribution < -0.4 is 10.2 Å². The topological polar surface area (TPSA) is 76.7 Å². The monoisotopic (exact) mass is 370 g/mol. The van der Waals surface area contributed by atoms with E-state index < -0.39 is 17.7 Å². The zero-order valence-electron chi connectivity index (χ0n) is 15.0. The van der Waals surface area contributed by atoms with Crippen molar-refractivity contribution >= 4 is 23.8 Å². The summed E-state index contributed by atoms with van der Waals surface area (Å²) in [6, 6.07) is 8.87. The summed E-state index contributed by atoms with van der Waals surface area (Å²) in [6.07, 6.45) is 1.50. The minimum absolute atomic E-state index is 0.217. The molecule has 25 heavy (non-hydrogen) atoms. The molecule has 0 aliphatic carbocycles. The normalized spacial score (nSPS) is 12.3. The number of carbonyl (C=O) groups excluding carboxylic acids is 2. The molecular weight excluding hydrogens is 344 g/mol. The minimum atomic E-state index is -0.577. The number of nitrogens with one attached hydrogen (secondary N) is 2. The van der Waals surface area contributed by atoms with Crippen LogP contribution in [0, 0.1) is 0 Å². The Morgan fingerprint density at radius 3 is 2.44 bits per heavy atom. The van der Waals surface area contributed by atoms with Crippen LogP contribution in [0.5, 0.6) is 0 Å². The average Bonchev–Trinajstić information content (AvgIpc) is 2.55. The summed E-state index contributed by atoms with van der Waals surface area (Å²) < 4.78 is 10.4. The number of esters is 1. The van der Waals surface area contributed by atoms with Gasteiger partial charge in [-0.3, -0.25) is 4.79 Å². The fraction of sp³-hybridized carbons (Fsp3) is 0.556. The van der Waals surface area contributed by atoms with Crippen molar-refractivity contribution in [3.05, 3.63) is 35.9 Å². The Bertz CT molecular complexity index is 532. The molecule has 0 aliphatic heterocycles. The summed E-state index contributed by atoms with van der Waals surface area (Å²) in [4.78, 5) is 26.0. The summed E-state index contributed by atoms with van der Waals surface area (Å²) >= 11 is 5.64. The fourth-order valence-electron chi connectivity index (χ4n) is 2.02. The van der Waals surface area contributed by atoms with Gasteiger partial charge in [-0.05, 0) is 57.4 Å². The molecule has 0 saturated heterocycles. The molecule has 0 aliphatic rings. The van der Waals surface area contributed by atoms with E-state index in [1.165, 1.54) is 0 Å². The number of rotatable bonds is 9. The first-order valence-electron chi connectivity index (χ1n) is 8.35. The van der Waals surface area contributed by atoms with Crippen LogP contribution in [0.15, 0.2) is 30.3 Å².